The third-order valence-electron chi connectivity index (χ3n) is 6.59. The number of benzene rings is 3. The Hall–Kier alpha value is -3.69. The molecule has 1 fully saturated rings. The minimum Gasteiger partial charge on any atom is -0.507 e. The van der Waals surface area contributed by atoms with E-state index in [1.165, 1.54) is 16.2 Å². The van der Waals surface area contributed by atoms with Crippen molar-refractivity contribution in [3.63, 3.8) is 0 Å². The van der Waals surface area contributed by atoms with Gasteiger partial charge in [-0.15, -0.1) is 0 Å². The Morgan fingerprint density at radius 2 is 1.92 bits per heavy atom. The molecule has 1 saturated heterocycles. The van der Waals surface area contributed by atoms with E-state index in [0.717, 1.165) is 20.5 Å². The number of rotatable bonds is 4. The number of methoxy groups -OCH3 is 1. The van der Waals surface area contributed by atoms with Crippen LogP contribution in [0.15, 0.2) is 70.7 Å². The highest BCUT2D eigenvalue weighted by molar-refractivity contribution is 9.10. The second-order valence-corrected chi connectivity index (χ2v) is 10.9. The van der Waals surface area contributed by atoms with Gasteiger partial charge >= 0.3 is 5.91 Å². The first-order chi connectivity index (χ1) is 17.8. The molecule has 6 rings (SSSR count). The van der Waals surface area contributed by atoms with Gasteiger partial charge in [-0.2, -0.15) is 0 Å². The maximum Gasteiger partial charge on any atom is 0.301 e. The van der Waals surface area contributed by atoms with E-state index in [-0.39, 0.29) is 17.4 Å². The van der Waals surface area contributed by atoms with Gasteiger partial charge in [-0.05, 0) is 66.6 Å². The predicted octanol–water partition coefficient (Wildman–Crippen LogP) is 6.02. The summed E-state index contributed by atoms with van der Waals surface area (Å²) in [6.45, 7) is 1.98. The first-order valence-electron chi connectivity index (χ1n) is 11.6. The number of aromatic nitrogens is 1. The molecule has 0 radical (unpaired) electrons. The Morgan fingerprint density at radius 1 is 1.14 bits per heavy atom. The number of ketones is 1. The Morgan fingerprint density at radius 3 is 2.68 bits per heavy atom. The van der Waals surface area contributed by atoms with Gasteiger partial charge in [0.1, 0.15) is 23.4 Å². The van der Waals surface area contributed by atoms with Crippen LogP contribution in [0.2, 0.25) is 0 Å². The summed E-state index contributed by atoms with van der Waals surface area (Å²) in [4.78, 5) is 33.0. The van der Waals surface area contributed by atoms with Crippen molar-refractivity contribution < 1.29 is 24.2 Å². The van der Waals surface area contributed by atoms with Gasteiger partial charge in [-0.1, -0.05) is 39.4 Å². The molecule has 2 aliphatic heterocycles. The number of thiazole rings is 1. The number of hydrogen-bond donors (Lipinski definition) is 1. The lowest BCUT2D eigenvalue weighted by atomic mass is 9.94. The van der Waals surface area contributed by atoms with Crippen molar-refractivity contribution >= 4 is 60.1 Å². The van der Waals surface area contributed by atoms with Crippen molar-refractivity contribution in [1.29, 1.82) is 0 Å². The third-order valence-corrected chi connectivity index (χ3v) is 8.14. The molecule has 37 heavy (non-hydrogen) atoms. The van der Waals surface area contributed by atoms with Gasteiger partial charge in [0.15, 0.2) is 5.13 Å². The zero-order valence-corrected chi connectivity index (χ0v) is 22.3. The Kier molecular flexibility index (Phi) is 5.77. The van der Waals surface area contributed by atoms with Crippen LogP contribution >= 0.6 is 27.3 Å². The molecule has 0 bridgehead atoms. The van der Waals surface area contributed by atoms with E-state index >= 15 is 0 Å². The lowest BCUT2D eigenvalue weighted by Crippen LogP contribution is -2.29. The van der Waals surface area contributed by atoms with Crippen molar-refractivity contribution in [2.75, 3.05) is 12.0 Å². The zero-order chi connectivity index (χ0) is 25.8. The Labute approximate surface area is 225 Å². The van der Waals surface area contributed by atoms with Crippen LogP contribution in [0.5, 0.6) is 11.5 Å². The first kappa shape index (κ1) is 23.7. The van der Waals surface area contributed by atoms with Gasteiger partial charge in [-0.3, -0.25) is 14.5 Å². The van der Waals surface area contributed by atoms with Crippen LogP contribution in [-0.2, 0) is 16.0 Å². The monoisotopic (exact) mass is 576 g/mol. The van der Waals surface area contributed by atoms with Crippen molar-refractivity contribution in [3.05, 3.63) is 87.4 Å². The number of nitrogens with zero attached hydrogens (tertiary/aromatic N) is 2. The van der Waals surface area contributed by atoms with E-state index < -0.39 is 17.7 Å². The summed E-state index contributed by atoms with van der Waals surface area (Å²) in [6.07, 6.45) is 0.745. The standard InChI is InChI=1S/C28H21BrN2O5S/c1-14-11-17-12-16(5-10-21(17)36-14)25(32)23-24(15-3-6-18(29)7-4-15)31(27(34)26(23)33)28-30-20-9-8-19(35-2)13-22(20)37-28/h3-10,12-14,24,32H,11H2,1-2H3/b25-23+/t14-,24+/m1/s1. The van der Waals surface area contributed by atoms with E-state index in [4.69, 9.17) is 9.47 Å². The van der Waals surface area contributed by atoms with Crippen LogP contribution in [0, 0.1) is 0 Å². The number of Topliss-reactive ketones (excluding diaryl/α,β-unsaturated/α-hetero) is 1. The highest BCUT2D eigenvalue weighted by Gasteiger charge is 2.48. The Balaban J connectivity index is 1.52. The number of ether oxygens (including phenoxy) is 2. The maximum absolute atomic E-state index is 13.5. The van der Waals surface area contributed by atoms with Crippen LogP contribution in [0.1, 0.15) is 29.7 Å². The second-order valence-electron chi connectivity index (χ2n) is 9.01. The average molecular weight is 577 g/mol. The molecule has 0 unspecified atom stereocenters. The molecule has 0 spiro atoms. The summed E-state index contributed by atoms with van der Waals surface area (Å²) in [5.41, 5.74) is 2.80. The van der Waals surface area contributed by atoms with E-state index in [2.05, 4.69) is 20.9 Å². The van der Waals surface area contributed by atoms with E-state index in [1.807, 2.05) is 49.4 Å². The van der Waals surface area contributed by atoms with Gasteiger partial charge in [-0.25, -0.2) is 4.98 Å². The van der Waals surface area contributed by atoms with Crippen LogP contribution in [0.3, 0.4) is 0 Å². The summed E-state index contributed by atoms with van der Waals surface area (Å²) in [6, 6.07) is 17.3. The lowest BCUT2D eigenvalue weighted by molar-refractivity contribution is -0.132. The number of hydrogen-bond acceptors (Lipinski definition) is 7. The average Bonchev–Trinajstić information content (AvgIpc) is 3.55. The molecular formula is C28H21BrN2O5S. The molecule has 7 nitrogen and oxygen atoms in total. The molecule has 3 aromatic carbocycles. The van der Waals surface area contributed by atoms with Gasteiger partial charge < -0.3 is 14.6 Å². The van der Waals surface area contributed by atoms with E-state index in [1.54, 1.807) is 25.3 Å². The first-order valence-corrected chi connectivity index (χ1v) is 13.3. The number of carbonyl (C=O) groups is 2. The number of fused-ring (bicyclic) bond motifs is 2. The summed E-state index contributed by atoms with van der Waals surface area (Å²) in [7, 11) is 1.58. The maximum atomic E-state index is 13.5. The number of halogens is 1. The molecule has 0 saturated carbocycles. The molecule has 1 N–H and O–H groups in total. The summed E-state index contributed by atoms with van der Waals surface area (Å²) < 4.78 is 12.8. The number of anilines is 1. The van der Waals surface area contributed by atoms with Gasteiger partial charge in [0.25, 0.3) is 5.78 Å². The molecule has 186 valence electrons. The van der Waals surface area contributed by atoms with Crippen LogP contribution < -0.4 is 14.4 Å². The van der Waals surface area contributed by atoms with Gasteiger partial charge in [0.05, 0.1) is 28.9 Å². The van der Waals surface area contributed by atoms with Crippen LogP contribution in [0.4, 0.5) is 5.13 Å². The molecule has 4 aromatic rings. The SMILES string of the molecule is COc1ccc2nc(N3C(=O)C(=O)/C(=C(/O)c4ccc5c(c4)C[C@@H](C)O5)[C@@H]3c3ccc(Br)cc3)sc2c1. The minimum absolute atomic E-state index is 0.0241. The number of carbonyl (C=O) groups excluding carboxylic acids is 2. The van der Waals surface area contributed by atoms with Crippen LogP contribution in [-0.4, -0.2) is 35.0 Å². The van der Waals surface area contributed by atoms with Crippen molar-refractivity contribution in [1.82, 2.24) is 4.98 Å². The quantitative estimate of drug-likeness (QED) is 0.181. The predicted molar refractivity (Wildman–Crippen MR) is 145 cm³/mol. The summed E-state index contributed by atoms with van der Waals surface area (Å²) >= 11 is 4.74. The third kappa shape index (κ3) is 3.98. The fraction of sp³-hybridized carbons (Fsp3) is 0.179. The van der Waals surface area contributed by atoms with Crippen LogP contribution in [0.25, 0.3) is 16.0 Å². The number of aliphatic hydroxyl groups is 1. The number of aliphatic hydroxyl groups excluding tert-OH is 1. The second kappa shape index (κ2) is 9.00. The normalized spacial score (nSPS) is 20.4. The molecular weight excluding hydrogens is 556 g/mol. The highest BCUT2D eigenvalue weighted by Crippen LogP contribution is 2.45. The fourth-order valence-corrected chi connectivity index (χ4v) is 6.12. The molecule has 2 aliphatic rings. The molecule has 1 aromatic heterocycles. The van der Waals surface area contributed by atoms with E-state index in [9.17, 15) is 14.7 Å². The minimum atomic E-state index is -0.848. The van der Waals surface area contributed by atoms with Gasteiger partial charge in [0, 0.05) is 16.5 Å². The van der Waals surface area contributed by atoms with Gasteiger partial charge in [0.2, 0.25) is 0 Å². The molecule has 2 atom stereocenters. The Bertz CT molecular complexity index is 1610. The van der Waals surface area contributed by atoms with Crippen molar-refractivity contribution in [3.8, 4) is 11.5 Å². The lowest BCUT2D eigenvalue weighted by Gasteiger charge is -2.23. The summed E-state index contributed by atoms with van der Waals surface area (Å²) in [5, 5.41) is 11.8. The fourth-order valence-electron chi connectivity index (χ4n) is 4.84. The highest BCUT2D eigenvalue weighted by atomic mass is 79.9. The van der Waals surface area contributed by atoms with Crippen molar-refractivity contribution in [2.24, 2.45) is 0 Å². The smallest absolute Gasteiger partial charge is 0.301 e. The van der Waals surface area contributed by atoms with E-state index in [0.29, 0.717) is 33.9 Å². The summed E-state index contributed by atoms with van der Waals surface area (Å²) in [5.74, 6) is -0.284. The largest absolute Gasteiger partial charge is 0.507 e. The molecule has 0 aliphatic carbocycles. The number of amides is 1. The topological polar surface area (TPSA) is 89.0 Å². The molecule has 3 heterocycles. The zero-order valence-electron chi connectivity index (χ0n) is 19.9. The molecule has 1 amide bonds. The molecule has 9 heteroatoms. The van der Waals surface area contributed by atoms with Crippen molar-refractivity contribution in [2.45, 2.75) is 25.5 Å².